The molecule has 0 spiro atoms. The van der Waals surface area contributed by atoms with Gasteiger partial charge in [-0.05, 0) is 31.0 Å². The number of sulfone groups is 1. The fourth-order valence-corrected chi connectivity index (χ4v) is 2.07. The van der Waals surface area contributed by atoms with Crippen molar-refractivity contribution in [3.63, 3.8) is 0 Å². The highest BCUT2D eigenvalue weighted by atomic mass is 127. The van der Waals surface area contributed by atoms with Crippen molar-refractivity contribution in [1.82, 2.24) is 10.6 Å². The van der Waals surface area contributed by atoms with Crippen LogP contribution in [-0.4, -0.2) is 39.5 Å². The van der Waals surface area contributed by atoms with Gasteiger partial charge in [0.15, 0.2) is 5.96 Å². The summed E-state index contributed by atoms with van der Waals surface area (Å²) in [5.74, 6) is 0.302. The molecule has 0 saturated heterocycles. The fourth-order valence-electron chi connectivity index (χ4n) is 1.60. The van der Waals surface area contributed by atoms with Gasteiger partial charge in [-0.1, -0.05) is 12.1 Å². The molecule has 22 heavy (non-hydrogen) atoms. The minimum atomic E-state index is -3.01. The van der Waals surface area contributed by atoms with Crippen LogP contribution in [0, 0.1) is 12.7 Å². The number of nitrogens with one attached hydrogen (secondary N) is 2. The molecule has 0 aromatic heterocycles. The van der Waals surface area contributed by atoms with Crippen LogP contribution in [-0.2, 0) is 16.4 Å². The number of aryl methyl sites for hydroxylation is 1. The lowest BCUT2D eigenvalue weighted by Gasteiger charge is -2.10. The summed E-state index contributed by atoms with van der Waals surface area (Å²) < 4.78 is 35.6. The van der Waals surface area contributed by atoms with Crippen LogP contribution < -0.4 is 10.6 Å². The van der Waals surface area contributed by atoms with E-state index in [9.17, 15) is 12.8 Å². The maximum Gasteiger partial charge on any atom is 0.191 e. The van der Waals surface area contributed by atoms with Crippen molar-refractivity contribution in [1.29, 1.82) is 0 Å². The Morgan fingerprint density at radius 3 is 2.55 bits per heavy atom. The van der Waals surface area contributed by atoms with Crippen LogP contribution in [0.5, 0.6) is 0 Å². The number of benzene rings is 1. The molecule has 2 N–H and O–H groups in total. The molecule has 0 saturated carbocycles. The molecule has 1 rings (SSSR count). The third kappa shape index (κ3) is 8.52. The monoisotopic (exact) mass is 443 g/mol. The Morgan fingerprint density at radius 1 is 1.32 bits per heavy atom. The number of rotatable bonds is 6. The molecule has 0 heterocycles. The topological polar surface area (TPSA) is 70.6 Å². The van der Waals surface area contributed by atoms with Gasteiger partial charge in [0.25, 0.3) is 0 Å². The number of guanidine groups is 1. The van der Waals surface area contributed by atoms with Crippen LogP contribution >= 0.6 is 24.0 Å². The zero-order valence-electron chi connectivity index (χ0n) is 13.0. The molecule has 0 fully saturated rings. The van der Waals surface area contributed by atoms with Crippen molar-refractivity contribution >= 4 is 39.8 Å². The summed E-state index contributed by atoms with van der Waals surface area (Å²) in [4.78, 5) is 4.31. The summed E-state index contributed by atoms with van der Waals surface area (Å²) in [6, 6.07) is 4.99. The molecule has 0 amide bonds. The predicted octanol–water partition coefficient (Wildman–Crippen LogP) is 1.85. The first-order valence-electron chi connectivity index (χ1n) is 6.76. The summed E-state index contributed by atoms with van der Waals surface area (Å²) in [6.07, 6.45) is 1.19. The minimum Gasteiger partial charge on any atom is -0.357 e. The standard InChI is InChI=1S/C14H22FN3O2S.HI/c1-4-16-14(17-7-8-21(3,19)20)18-10-12-6-5-11(2)13(15)9-12;/h5-6,9H,4,7-8,10H2,1-3H3,(H2,16,17,18);1H. The molecule has 1 aromatic carbocycles. The second-order valence-corrected chi connectivity index (χ2v) is 7.10. The number of nitrogens with zero attached hydrogens (tertiary/aromatic N) is 1. The van der Waals surface area contributed by atoms with E-state index in [4.69, 9.17) is 0 Å². The molecule has 0 bridgehead atoms. The highest BCUT2D eigenvalue weighted by molar-refractivity contribution is 14.0. The lowest BCUT2D eigenvalue weighted by Crippen LogP contribution is -2.39. The van der Waals surface area contributed by atoms with Gasteiger partial charge in [0, 0.05) is 19.3 Å². The zero-order chi connectivity index (χ0) is 15.9. The van der Waals surface area contributed by atoms with E-state index < -0.39 is 9.84 Å². The quantitative estimate of drug-likeness (QED) is 0.400. The summed E-state index contributed by atoms with van der Waals surface area (Å²) >= 11 is 0. The highest BCUT2D eigenvalue weighted by Gasteiger charge is 2.04. The van der Waals surface area contributed by atoms with Crippen LogP contribution in [0.15, 0.2) is 23.2 Å². The third-order valence-electron chi connectivity index (χ3n) is 2.77. The van der Waals surface area contributed by atoms with Gasteiger partial charge in [0.05, 0.1) is 12.3 Å². The molecule has 0 aliphatic rings. The molecule has 126 valence electrons. The van der Waals surface area contributed by atoms with Gasteiger partial charge >= 0.3 is 0 Å². The Hall–Kier alpha value is -0.900. The van der Waals surface area contributed by atoms with E-state index in [0.29, 0.717) is 24.6 Å². The Morgan fingerprint density at radius 2 is 2.00 bits per heavy atom. The van der Waals surface area contributed by atoms with Crippen molar-refractivity contribution in [3.8, 4) is 0 Å². The molecule has 0 radical (unpaired) electrons. The number of hydrogen-bond donors (Lipinski definition) is 2. The second-order valence-electron chi connectivity index (χ2n) is 4.84. The van der Waals surface area contributed by atoms with Crippen LogP contribution in [0.2, 0.25) is 0 Å². The lowest BCUT2D eigenvalue weighted by molar-refractivity contribution is 0.600. The molecule has 0 aliphatic heterocycles. The van der Waals surface area contributed by atoms with Crippen LogP contribution in [0.1, 0.15) is 18.1 Å². The van der Waals surface area contributed by atoms with E-state index in [0.717, 1.165) is 5.56 Å². The van der Waals surface area contributed by atoms with E-state index >= 15 is 0 Å². The molecule has 0 atom stereocenters. The molecule has 5 nitrogen and oxygen atoms in total. The number of hydrogen-bond acceptors (Lipinski definition) is 3. The number of aliphatic imine (C=N–C) groups is 1. The van der Waals surface area contributed by atoms with Gasteiger partial charge in [-0.25, -0.2) is 17.8 Å². The molecule has 1 aromatic rings. The van der Waals surface area contributed by atoms with E-state index in [1.54, 1.807) is 13.0 Å². The minimum absolute atomic E-state index is 0. The average molecular weight is 443 g/mol. The van der Waals surface area contributed by atoms with E-state index in [-0.39, 0.29) is 42.1 Å². The summed E-state index contributed by atoms with van der Waals surface area (Å²) in [6.45, 7) is 4.89. The Labute approximate surface area is 148 Å². The van der Waals surface area contributed by atoms with Crippen molar-refractivity contribution < 1.29 is 12.8 Å². The summed E-state index contributed by atoms with van der Waals surface area (Å²) in [7, 11) is -3.01. The largest absolute Gasteiger partial charge is 0.357 e. The van der Waals surface area contributed by atoms with Crippen molar-refractivity contribution in [2.24, 2.45) is 4.99 Å². The maximum atomic E-state index is 13.4. The van der Waals surface area contributed by atoms with Gasteiger partial charge in [0.2, 0.25) is 0 Å². The predicted molar refractivity (Wildman–Crippen MR) is 99.1 cm³/mol. The first kappa shape index (κ1) is 21.1. The maximum absolute atomic E-state index is 13.4. The van der Waals surface area contributed by atoms with Crippen LogP contribution in [0.25, 0.3) is 0 Å². The average Bonchev–Trinajstić information content (AvgIpc) is 2.38. The fraction of sp³-hybridized carbons (Fsp3) is 0.500. The second kappa shape index (κ2) is 9.98. The first-order chi connectivity index (χ1) is 9.81. The van der Waals surface area contributed by atoms with Crippen molar-refractivity contribution in [2.45, 2.75) is 20.4 Å². The molecule has 0 aliphatic carbocycles. The van der Waals surface area contributed by atoms with Gasteiger partial charge < -0.3 is 10.6 Å². The number of halogens is 2. The normalized spacial score (nSPS) is 11.7. The lowest BCUT2D eigenvalue weighted by atomic mass is 10.1. The van der Waals surface area contributed by atoms with E-state index in [2.05, 4.69) is 15.6 Å². The Bertz CT molecular complexity index is 606. The van der Waals surface area contributed by atoms with E-state index in [1.165, 1.54) is 12.3 Å². The molecule has 0 unspecified atom stereocenters. The van der Waals surface area contributed by atoms with Gasteiger partial charge in [-0.15, -0.1) is 24.0 Å². The molecular formula is C14H23FIN3O2S. The molecule has 8 heteroatoms. The summed E-state index contributed by atoms with van der Waals surface area (Å²) in [5, 5.41) is 5.95. The third-order valence-corrected chi connectivity index (χ3v) is 3.71. The van der Waals surface area contributed by atoms with Gasteiger partial charge in [-0.3, -0.25) is 0 Å². The Balaban J connectivity index is 0.00000441. The highest BCUT2D eigenvalue weighted by Crippen LogP contribution is 2.09. The summed E-state index contributed by atoms with van der Waals surface area (Å²) in [5.41, 5.74) is 1.36. The van der Waals surface area contributed by atoms with Crippen molar-refractivity contribution in [3.05, 3.63) is 35.1 Å². The van der Waals surface area contributed by atoms with Gasteiger partial charge in [0.1, 0.15) is 15.7 Å². The van der Waals surface area contributed by atoms with Crippen LogP contribution in [0.3, 0.4) is 0 Å². The van der Waals surface area contributed by atoms with Crippen molar-refractivity contribution in [2.75, 3.05) is 25.1 Å². The zero-order valence-corrected chi connectivity index (χ0v) is 16.2. The first-order valence-corrected chi connectivity index (χ1v) is 8.83. The Kier molecular flexibility index (Phi) is 9.58. The smallest absolute Gasteiger partial charge is 0.191 e. The van der Waals surface area contributed by atoms with Crippen LogP contribution in [0.4, 0.5) is 4.39 Å². The van der Waals surface area contributed by atoms with Gasteiger partial charge in [-0.2, -0.15) is 0 Å². The SMILES string of the molecule is CCNC(=NCc1ccc(C)c(F)c1)NCCS(C)(=O)=O.I. The molecular weight excluding hydrogens is 420 g/mol. The van der Waals surface area contributed by atoms with E-state index in [1.807, 2.05) is 13.0 Å².